The van der Waals surface area contributed by atoms with E-state index in [4.69, 9.17) is 5.73 Å². The summed E-state index contributed by atoms with van der Waals surface area (Å²) in [5.74, 6) is 0.676. The summed E-state index contributed by atoms with van der Waals surface area (Å²) < 4.78 is 1.30. The first-order valence-corrected chi connectivity index (χ1v) is 8.96. The lowest BCUT2D eigenvalue weighted by Gasteiger charge is -2.42. The predicted molar refractivity (Wildman–Crippen MR) is 94.8 cm³/mol. The minimum absolute atomic E-state index is 0.481. The van der Waals surface area contributed by atoms with Crippen LogP contribution in [0.1, 0.15) is 51.1 Å². The normalized spacial score (nSPS) is 24.9. The molecule has 2 nitrogen and oxygen atoms in total. The molecule has 112 valence electrons. The van der Waals surface area contributed by atoms with Crippen LogP contribution in [0, 0.1) is 9.49 Å². The Morgan fingerprint density at radius 2 is 1.90 bits per heavy atom. The van der Waals surface area contributed by atoms with Gasteiger partial charge in [0.1, 0.15) is 0 Å². The molecule has 0 aromatic heterocycles. The van der Waals surface area contributed by atoms with Crippen LogP contribution in [0.4, 0.5) is 0 Å². The van der Waals surface area contributed by atoms with Gasteiger partial charge in [-0.1, -0.05) is 31.9 Å². The minimum Gasteiger partial charge on any atom is -0.330 e. The van der Waals surface area contributed by atoms with Crippen molar-refractivity contribution in [3.63, 3.8) is 0 Å². The van der Waals surface area contributed by atoms with Crippen molar-refractivity contribution in [3.05, 3.63) is 33.4 Å². The molecule has 2 rings (SSSR count). The maximum Gasteiger partial charge on any atom is 0.0322 e. The van der Waals surface area contributed by atoms with Gasteiger partial charge in [-0.3, -0.25) is 4.90 Å². The third-order valence-corrected chi connectivity index (χ3v) is 5.53. The molecule has 0 spiro atoms. The largest absolute Gasteiger partial charge is 0.330 e. The second-order valence-corrected chi connectivity index (χ2v) is 7.15. The van der Waals surface area contributed by atoms with Crippen LogP contribution in [0.5, 0.6) is 0 Å². The summed E-state index contributed by atoms with van der Waals surface area (Å²) in [6, 6.07) is 10.1. The summed E-state index contributed by atoms with van der Waals surface area (Å²) in [6.07, 6.45) is 5.33. The first-order chi connectivity index (χ1) is 9.67. The lowest BCUT2D eigenvalue weighted by molar-refractivity contribution is 0.0769. The fourth-order valence-corrected chi connectivity index (χ4v) is 3.99. The molecule has 0 heterocycles. The van der Waals surface area contributed by atoms with Crippen molar-refractivity contribution in [1.82, 2.24) is 4.90 Å². The van der Waals surface area contributed by atoms with Crippen molar-refractivity contribution >= 4 is 22.6 Å². The SMILES string of the molecule is CCN(C(C)c1ccc(I)cc1)C1CCCCC1CN. The first kappa shape index (κ1) is 16.2. The highest BCUT2D eigenvalue weighted by molar-refractivity contribution is 14.1. The van der Waals surface area contributed by atoms with Crippen molar-refractivity contribution in [3.8, 4) is 0 Å². The van der Waals surface area contributed by atoms with Gasteiger partial charge in [-0.05, 0) is 79.1 Å². The van der Waals surface area contributed by atoms with E-state index in [1.807, 2.05) is 0 Å². The van der Waals surface area contributed by atoms with Crippen molar-refractivity contribution < 1.29 is 0 Å². The molecule has 20 heavy (non-hydrogen) atoms. The molecule has 1 saturated carbocycles. The molecule has 1 aliphatic carbocycles. The van der Waals surface area contributed by atoms with Crippen molar-refractivity contribution in [2.75, 3.05) is 13.1 Å². The Kier molecular flexibility index (Phi) is 6.30. The maximum absolute atomic E-state index is 6.02. The molecule has 0 saturated heterocycles. The van der Waals surface area contributed by atoms with E-state index in [1.54, 1.807) is 0 Å². The molecule has 2 N–H and O–H groups in total. The van der Waals surface area contributed by atoms with Crippen molar-refractivity contribution in [2.24, 2.45) is 11.7 Å². The van der Waals surface area contributed by atoms with Crippen LogP contribution in [-0.4, -0.2) is 24.0 Å². The van der Waals surface area contributed by atoms with E-state index < -0.39 is 0 Å². The average Bonchev–Trinajstić information content (AvgIpc) is 2.49. The Morgan fingerprint density at radius 1 is 1.25 bits per heavy atom. The average molecular weight is 386 g/mol. The van der Waals surface area contributed by atoms with Gasteiger partial charge in [-0.15, -0.1) is 0 Å². The quantitative estimate of drug-likeness (QED) is 0.769. The molecule has 0 radical (unpaired) electrons. The Balaban J connectivity index is 2.15. The van der Waals surface area contributed by atoms with Crippen LogP contribution in [0.25, 0.3) is 0 Å². The molecule has 0 bridgehead atoms. The van der Waals surface area contributed by atoms with Crippen LogP contribution in [0.3, 0.4) is 0 Å². The number of nitrogens with two attached hydrogens (primary N) is 1. The summed E-state index contributed by atoms with van der Waals surface area (Å²) in [7, 11) is 0. The topological polar surface area (TPSA) is 29.3 Å². The van der Waals surface area contributed by atoms with Gasteiger partial charge in [-0.25, -0.2) is 0 Å². The number of nitrogens with zero attached hydrogens (tertiary/aromatic N) is 1. The Hall–Kier alpha value is -0.130. The highest BCUT2D eigenvalue weighted by atomic mass is 127. The van der Waals surface area contributed by atoms with Gasteiger partial charge in [-0.2, -0.15) is 0 Å². The lowest BCUT2D eigenvalue weighted by Crippen LogP contribution is -2.46. The zero-order chi connectivity index (χ0) is 14.5. The van der Waals surface area contributed by atoms with E-state index in [0.717, 1.165) is 13.1 Å². The van der Waals surface area contributed by atoms with E-state index in [0.29, 0.717) is 18.0 Å². The summed E-state index contributed by atoms with van der Waals surface area (Å²) >= 11 is 2.37. The summed E-state index contributed by atoms with van der Waals surface area (Å²) in [6.45, 7) is 6.56. The van der Waals surface area contributed by atoms with Crippen LogP contribution in [0.2, 0.25) is 0 Å². The van der Waals surface area contributed by atoms with Gasteiger partial charge in [0.25, 0.3) is 0 Å². The highest BCUT2D eigenvalue weighted by Crippen LogP contribution is 2.33. The molecule has 3 atom stereocenters. The third kappa shape index (κ3) is 3.74. The fourth-order valence-electron chi connectivity index (χ4n) is 3.63. The van der Waals surface area contributed by atoms with Gasteiger partial charge in [0.05, 0.1) is 0 Å². The van der Waals surface area contributed by atoms with Gasteiger partial charge < -0.3 is 5.73 Å². The highest BCUT2D eigenvalue weighted by Gasteiger charge is 2.31. The minimum atomic E-state index is 0.481. The van der Waals surface area contributed by atoms with Crippen LogP contribution >= 0.6 is 22.6 Å². The number of benzene rings is 1. The van der Waals surface area contributed by atoms with Crippen LogP contribution in [-0.2, 0) is 0 Å². The number of halogens is 1. The van der Waals surface area contributed by atoms with E-state index in [9.17, 15) is 0 Å². The van der Waals surface area contributed by atoms with Crippen molar-refractivity contribution in [2.45, 2.75) is 51.6 Å². The molecule has 1 aromatic rings. The summed E-state index contributed by atoms with van der Waals surface area (Å²) in [4.78, 5) is 2.67. The standard InChI is InChI=1S/C17H27IN2/c1-3-20(17-7-5-4-6-15(17)12-19)13(2)14-8-10-16(18)11-9-14/h8-11,13,15,17H,3-7,12,19H2,1-2H3. The zero-order valence-electron chi connectivity index (χ0n) is 12.7. The molecule has 1 aromatic carbocycles. The van der Waals surface area contributed by atoms with Gasteiger partial charge >= 0.3 is 0 Å². The Morgan fingerprint density at radius 3 is 2.50 bits per heavy atom. The molecule has 1 aliphatic rings. The number of hydrogen-bond donors (Lipinski definition) is 1. The molecular weight excluding hydrogens is 359 g/mol. The summed E-state index contributed by atoms with van der Waals surface area (Å²) in [5.41, 5.74) is 7.44. The fraction of sp³-hybridized carbons (Fsp3) is 0.647. The smallest absolute Gasteiger partial charge is 0.0322 e. The van der Waals surface area contributed by atoms with Gasteiger partial charge in [0.15, 0.2) is 0 Å². The van der Waals surface area contributed by atoms with Gasteiger partial charge in [0, 0.05) is 15.7 Å². The molecule has 0 amide bonds. The van der Waals surface area contributed by atoms with E-state index in [1.165, 1.54) is 34.8 Å². The lowest BCUT2D eigenvalue weighted by atomic mass is 9.82. The van der Waals surface area contributed by atoms with E-state index in [-0.39, 0.29) is 0 Å². The second kappa shape index (κ2) is 7.76. The van der Waals surface area contributed by atoms with E-state index >= 15 is 0 Å². The first-order valence-electron chi connectivity index (χ1n) is 7.88. The maximum atomic E-state index is 6.02. The van der Waals surface area contributed by atoms with Crippen molar-refractivity contribution in [1.29, 1.82) is 0 Å². The monoisotopic (exact) mass is 386 g/mol. The number of rotatable bonds is 5. The molecular formula is C17H27IN2. The second-order valence-electron chi connectivity index (χ2n) is 5.91. The Bertz CT molecular complexity index is 404. The molecule has 3 heteroatoms. The Labute approximate surface area is 137 Å². The number of hydrogen-bond acceptors (Lipinski definition) is 2. The zero-order valence-corrected chi connectivity index (χ0v) is 14.8. The molecule has 1 fully saturated rings. The van der Waals surface area contributed by atoms with E-state index in [2.05, 4.69) is 65.6 Å². The summed E-state index contributed by atoms with van der Waals surface area (Å²) in [5, 5.41) is 0. The van der Waals surface area contributed by atoms with Crippen LogP contribution < -0.4 is 5.73 Å². The van der Waals surface area contributed by atoms with Gasteiger partial charge in [0.2, 0.25) is 0 Å². The van der Waals surface area contributed by atoms with Crippen LogP contribution in [0.15, 0.2) is 24.3 Å². The third-order valence-electron chi connectivity index (χ3n) is 4.81. The molecule has 3 unspecified atom stereocenters. The predicted octanol–water partition coefficient (Wildman–Crippen LogP) is 4.19. The molecule has 0 aliphatic heterocycles.